The lowest BCUT2D eigenvalue weighted by Gasteiger charge is -2.38. The third-order valence-electron chi connectivity index (χ3n) is 5.20. The van der Waals surface area contributed by atoms with Gasteiger partial charge in [0.25, 0.3) is 0 Å². The van der Waals surface area contributed by atoms with Crippen molar-refractivity contribution < 1.29 is 0 Å². The smallest absolute Gasteiger partial charge is 0.0951 e. The summed E-state index contributed by atoms with van der Waals surface area (Å²) in [7, 11) is 0. The van der Waals surface area contributed by atoms with Gasteiger partial charge in [0.1, 0.15) is 0 Å². The normalized spacial score (nSPS) is 16.6. The lowest BCUT2D eigenvalue weighted by Crippen LogP contribution is -2.45. The van der Waals surface area contributed by atoms with Gasteiger partial charge in [-0.05, 0) is 51.5 Å². The molecule has 2 aromatic rings. The molecule has 0 bridgehead atoms. The standard InChI is InChI=1S/C19H28ClN5/c1-3-24-11-8-17(9-12-24)25(13-7-16-6-4-5-10-21-16)14-18-19(20)15(2)22-23-18/h4-6,10,17H,3,7-9,11-14H2,1-2H3,(H,22,23). The third-order valence-corrected chi connectivity index (χ3v) is 5.70. The number of pyridine rings is 1. The largest absolute Gasteiger partial charge is 0.303 e. The molecule has 1 aliphatic rings. The number of aryl methyl sites for hydroxylation is 1. The van der Waals surface area contributed by atoms with Crippen molar-refractivity contribution in [2.45, 2.75) is 45.7 Å². The van der Waals surface area contributed by atoms with Crippen LogP contribution in [0.4, 0.5) is 0 Å². The minimum Gasteiger partial charge on any atom is -0.303 e. The second kappa shape index (κ2) is 8.79. The molecule has 6 heteroatoms. The monoisotopic (exact) mass is 361 g/mol. The highest BCUT2D eigenvalue weighted by molar-refractivity contribution is 6.31. The molecule has 0 saturated carbocycles. The molecule has 2 aromatic heterocycles. The molecule has 25 heavy (non-hydrogen) atoms. The van der Waals surface area contributed by atoms with Gasteiger partial charge in [-0.1, -0.05) is 24.6 Å². The van der Waals surface area contributed by atoms with Crippen molar-refractivity contribution in [3.8, 4) is 0 Å². The number of hydrogen-bond acceptors (Lipinski definition) is 4. The minimum atomic E-state index is 0.583. The summed E-state index contributed by atoms with van der Waals surface area (Å²) in [5, 5.41) is 8.19. The Morgan fingerprint density at radius 2 is 2.12 bits per heavy atom. The van der Waals surface area contributed by atoms with Gasteiger partial charge in [-0.3, -0.25) is 15.0 Å². The summed E-state index contributed by atoms with van der Waals surface area (Å²) in [5.74, 6) is 0. The Balaban J connectivity index is 1.68. The summed E-state index contributed by atoms with van der Waals surface area (Å²) >= 11 is 6.41. The van der Waals surface area contributed by atoms with Crippen LogP contribution in [0.5, 0.6) is 0 Å². The number of hydrogen-bond donors (Lipinski definition) is 1. The van der Waals surface area contributed by atoms with Gasteiger partial charge in [0.15, 0.2) is 0 Å². The Morgan fingerprint density at radius 1 is 1.32 bits per heavy atom. The lowest BCUT2D eigenvalue weighted by atomic mass is 10.0. The molecule has 1 fully saturated rings. The molecular formula is C19H28ClN5. The zero-order chi connectivity index (χ0) is 17.6. The van der Waals surface area contributed by atoms with Crippen LogP contribution in [0.25, 0.3) is 0 Å². The van der Waals surface area contributed by atoms with E-state index in [1.165, 1.54) is 25.9 Å². The van der Waals surface area contributed by atoms with E-state index in [-0.39, 0.29) is 0 Å². The van der Waals surface area contributed by atoms with Crippen molar-refractivity contribution in [2.24, 2.45) is 0 Å². The van der Waals surface area contributed by atoms with Crippen LogP contribution in [0.3, 0.4) is 0 Å². The maximum absolute atomic E-state index is 6.41. The van der Waals surface area contributed by atoms with Crippen LogP contribution in [0.2, 0.25) is 5.02 Å². The molecule has 1 N–H and O–H groups in total. The molecule has 136 valence electrons. The van der Waals surface area contributed by atoms with Crippen molar-refractivity contribution in [1.29, 1.82) is 0 Å². The zero-order valence-electron chi connectivity index (χ0n) is 15.2. The first-order valence-corrected chi connectivity index (χ1v) is 9.60. The minimum absolute atomic E-state index is 0.583. The SMILES string of the molecule is CCN1CCC(N(CCc2ccccn2)Cc2n[nH]c(C)c2Cl)CC1. The van der Waals surface area contributed by atoms with Crippen molar-refractivity contribution >= 4 is 11.6 Å². The Bertz CT molecular complexity index is 649. The predicted octanol–water partition coefficient (Wildman–Crippen LogP) is 3.30. The van der Waals surface area contributed by atoms with E-state index in [0.29, 0.717) is 6.04 Å². The quantitative estimate of drug-likeness (QED) is 0.822. The molecule has 5 nitrogen and oxygen atoms in total. The van der Waals surface area contributed by atoms with E-state index in [9.17, 15) is 0 Å². The van der Waals surface area contributed by atoms with Crippen LogP contribution < -0.4 is 0 Å². The van der Waals surface area contributed by atoms with Crippen molar-refractivity contribution in [3.63, 3.8) is 0 Å². The van der Waals surface area contributed by atoms with Gasteiger partial charge in [0.05, 0.1) is 16.4 Å². The molecule has 0 radical (unpaired) electrons. The fourth-order valence-corrected chi connectivity index (χ4v) is 3.70. The summed E-state index contributed by atoms with van der Waals surface area (Å²) in [4.78, 5) is 9.54. The number of rotatable bonds is 7. The summed E-state index contributed by atoms with van der Waals surface area (Å²) in [6, 6.07) is 6.71. The number of H-pyrrole nitrogens is 1. The first kappa shape index (κ1) is 18.4. The van der Waals surface area contributed by atoms with Crippen LogP contribution in [0.15, 0.2) is 24.4 Å². The fourth-order valence-electron chi connectivity index (χ4n) is 3.56. The van der Waals surface area contributed by atoms with Gasteiger partial charge in [-0.25, -0.2) is 0 Å². The van der Waals surface area contributed by atoms with E-state index < -0.39 is 0 Å². The first-order valence-electron chi connectivity index (χ1n) is 9.23. The molecule has 3 heterocycles. The molecule has 0 aromatic carbocycles. The maximum atomic E-state index is 6.41. The molecule has 1 aliphatic heterocycles. The number of halogens is 1. The van der Waals surface area contributed by atoms with E-state index in [2.05, 4.69) is 44.0 Å². The second-order valence-corrected chi connectivity index (χ2v) is 7.19. The Hall–Kier alpha value is -1.43. The Kier molecular flexibility index (Phi) is 6.45. The average molecular weight is 362 g/mol. The highest BCUT2D eigenvalue weighted by atomic mass is 35.5. The van der Waals surface area contributed by atoms with Crippen LogP contribution in [-0.4, -0.2) is 57.2 Å². The number of piperidine rings is 1. The van der Waals surface area contributed by atoms with Crippen LogP contribution in [0, 0.1) is 6.92 Å². The number of nitrogens with one attached hydrogen (secondary N) is 1. The summed E-state index contributed by atoms with van der Waals surface area (Å²) in [6.45, 7) is 9.49. The van der Waals surface area contributed by atoms with Crippen LogP contribution >= 0.6 is 11.6 Å². The number of aromatic amines is 1. The highest BCUT2D eigenvalue weighted by Crippen LogP contribution is 2.23. The number of nitrogens with zero attached hydrogens (tertiary/aromatic N) is 4. The molecule has 0 amide bonds. The van der Waals surface area contributed by atoms with Crippen LogP contribution in [-0.2, 0) is 13.0 Å². The lowest BCUT2D eigenvalue weighted by molar-refractivity contribution is 0.105. The summed E-state index contributed by atoms with van der Waals surface area (Å²) in [6.07, 6.45) is 5.23. The zero-order valence-corrected chi connectivity index (χ0v) is 16.0. The van der Waals surface area contributed by atoms with E-state index in [1.54, 1.807) is 0 Å². The van der Waals surface area contributed by atoms with Crippen molar-refractivity contribution in [3.05, 3.63) is 46.5 Å². The van der Waals surface area contributed by atoms with Gasteiger partial charge in [-0.15, -0.1) is 0 Å². The molecule has 1 saturated heterocycles. The van der Waals surface area contributed by atoms with E-state index in [4.69, 9.17) is 11.6 Å². The Labute approximate surface area is 155 Å². The molecule has 0 aliphatic carbocycles. The van der Waals surface area contributed by atoms with Crippen LogP contribution in [0.1, 0.15) is 36.8 Å². The first-order chi connectivity index (χ1) is 12.2. The van der Waals surface area contributed by atoms with Gasteiger partial charge in [0.2, 0.25) is 0 Å². The van der Waals surface area contributed by atoms with Gasteiger partial charge in [-0.2, -0.15) is 5.10 Å². The fraction of sp³-hybridized carbons (Fsp3) is 0.579. The van der Waals surface area contributed by atoms with Crippen molar-refractivity contribution in [2.75, 3.05) is 26.2 Å². The predicted molar refractivity (Wildman–Crippen MR) is 102 cm³/mol. The molecular weight excluding hydrogens is 334 g/mol. The third kappa shape index (κ3) is 4.81. The Morgan fingerprint density at radius 3 is 2.72 bits per heavy atom. The summed E-state index contributed by atoms with van der Waals surface area (Å²) in [5.41, 5.74) is 3.04. The average Bonchev–Trinajstić information content (AvgIpc) is 2.98. The van der Waals surface area contributed by atoms with Gasteiger partial charge in [0, 0.05) is 37.4 Å². The van der Waals surface area contributed by atoms with Gasteiger partial charge >= 0.3 is 0 Å². The van der Waals surface area contributed by atoms with Gasteiger partial charge < -0.3 is 4.90 Å². The van der Waals surface area contributed by atoms with E-state index >= 15 is 0 Å². The van der Waals surface area contributed by atoms with Crippen molar-refractivity contribution in [1.82, 2.24) is 25.0 Å². The van der Waals surface area contributed by atoms with E-state index in [1.807, 2.05) is 19.2 Å². The molecule has 0 atom stereocenters. The molecule has 3 rings (SSSR count). The topological polar surface area (TPSA) is 48.1 Å². The number of aromatic nitrogens is 3. The highest BCUT2D eigenvalue weighted by Gasteiger charge is 2.25. The maximum Gasteiger partial charge on any atom is 0.0951 e. The second-order valence-electron chi connectivity index (χ2n) is 6.82. The summed E-state index contributed by atoms with van der Waals surface area (Å²) < 4.78 is 0. The molecule has 0 unspecified atom stereocenters. The number of likely N-dealkylation sites (tertiary alicyclic amines) is 1. The van der Waals surface area contributed by atoms with E-state index in [0.717, 1.165) is 48.2 Å². The molecule has 0 spiro atoms.